The molecule has 0 fully saturated rings. The average molecular weight is 255 g/mol. The van der Waals surface area contributed by atoms with Crippen molar-refractivity contribution >= 4 is 17.2 Å². The number of nitrogens with one attached hydrogen (secondary N) is 2. The summed E-state index contributed by atoms with van der Waals surface area (Å²) in [5.41, 5.74) is 0. The maximum Gasteiger partial charge on any atom is 0.234 e. The Hall–Kier alpha value is -0.910. The summed E-state index contributed by atoms with van der Waals surface area (Å²) >= 11 is 1.66. The molecule has 1 aromatic heterocycles. The summed E-state index contributed by atoms with van der Waals surface area (Å²) < 4.78 is 0. The lowest BCUT2D eigenvalue weighted by Crippen LogP contribution is -2.35. The number of amides is 1. The fraction of sp³-hybridized carbons (Fsp3) is 0.583. The van der Waals surface area contributed by atoms with Crippen LogP contribution in [0, 0.1) is 0 Å². The number of nitrogens with zero attached hydrogens (tertiary/aromatic N) is 1. The summed E-state index contributed by atoms with van der Waals surface area (Å²) in [6, 6.07) is 4.03. The molecule has 0 atom stereocenters. The highest BCUT2D eigenvalue weighted by Crippen LogP contribution is 2.07. The van der Waals surface area contributed by atoms with Crippen molar-refractivity contribution in [2.45, 2.75) is 13.0 Å². The Balaban J connectivity index is 2.11. The lowest BCUT2D eigenvalue weighted by molar-refractivity contribution is -0.122. The fourth-order valence-corrected chi connectivity index (χ4v) is 2.15. The average Bonchev–Trinajstić information content (AvgIpc) is 2.79. The second-order valence-corrected chi connectivity index (χ2v) is 5.08. The van der Waals surface area contributed by atoms with Crippen LogP contribution in [0.4, 0.5) is 0 Å². The highest BCUT2D eigenvalue weighted by atomic mass is 32.1. The maximum atomic E-state index is 11.6. The summed E-state index contributed by atoms with van der Waals surface area (Å²) in [7, 11) is 3.91. The number of carbonyl (C=O) groups excluding carboxylic acids is 1. The molecule has 0 bridgehead atoms. The van der Waals surface area contributed by atoms with E-state index in [1.807, 2.05) is 36.5 Å². The molecular formula is C12H21N3OS. The van der Waals surface area contributed by atoms with E-state index in [2.05, 4.69) is 10.6 Å². The van der Waals surface area contributed by atoms with Gasteiger partial charge in [0.15, 0.2) is 0 Å². The van der Waals surface area contributed by atoms with Gasteiger partial charge in [-0.2, -0.15) is 0 Å². The van der Waals surface area contributed by atoms with Crippen LogP contribution in [0.5, 0.6) is 0 Å². The molecule has 1 aromatic rings. The van der Waals surface area contributed by atoms with E-state index in [0.29, 0.717) is 13.1 Å². The van der Waals surface area contributed by atoms with Crippen molar-refractivity contribution in [3.63, 3.8) is 0 Å². The van der Waals surface area contributed by atoms with Crippen LogP contribution in [0.25, 0.3) is 0 Å². The SMILES string of the molecule is CNCCCN(C)CC(=O)NCc1cccs1. The van der Waals surface area contributed by atoms with Gasteiger partial charge in [0.2, 0.25) is 5.91 Å². The van der Waals surface area contributed by atoms with E-state index in [-0.39, 0.29) is 5.91 Å². The molecule has 2 N–H and O–H groups in total. The molecule has 1 heterocycles. The van der Waals surface area contributed by atoms with Crippen LogP contribution in [0.1, 0.15) is 11.3 Å². The molecule has 0 saturated heterocycles. The Labute approximate surface area is 107 Å². The third kappa shape index (κ3) is 6.41. The van der Waals surface area contributed by atoms with Crippen LogP contribution in [0.3, 0.4) is 0 Å². The lowest BCUT2D eigenvalue weighted by Gasteiger charge is -2.15. The van der Waals surface area contributed by atoms with Crippen LogP contribution in [-0.2, 0) is 11.3 Å². The van der Waals surface area contributed by atoms with Gasteiger partial charge >= 0.3 is 0 Å². The number of hydrogen-bond donors (Lipinski definition) is 2. The Bertz CT molecular complexity index is 314. The minimum absolute atomic E-state index is 0.0883. The van der Waals surface area contributed by atoms with Gasteiger partial charge in [-0.1, -0.05) is 6.07 Å². The predicted molar refractivity (Wildman–Crippen MR) is 72.2 cm³/mol. The third-order valence-electron chi connectivity index (χ3n) is 2.42. The van der Waals surface area contributed by atoms with Crippen molar-refractivity contribution in [2.75, 3.05) is 33.7 Å². The van der Waals surface area contributed by atoms with Gasteiger partial charge < -0.3 is 10.6 Å². The second kappa shape index (κ2) is 8.22. The van der Waals surface area contributed by atoms with Crippen molar-refractivity contribution in [3.05, 3.63) is 22.4 Å². The Morgan fingerprint density at radius 3 is 3.00 bits per heavy atom. The topological polar surface area (TPSA) is 44.4 Å². The Morgan fingerprint density at radius 2 is 2.35 bits per heavy atom. The zero-order chi connectivity index (χ0) is 12.5. The van der Waals surface area contributed by atoms with Gasteiger partial charge in [0.1, 0.15) is 0 Å². The molecule has 96 valence electrons. The minimum Gasteiger partial charge on any atom is -0.350 e. The second-order valence-electron chi connectivity index (χ2n) is 4.05. The van der Waals surface area contributed by atoms with Gasteiger partial charge in [-0.15, -0.1) is 11.3 Å². The van der Waals surface area contributed by atoms with E-state index in [4.69, 9.17) is 0 Å². The van der Waals surface area contributed by atoms with Crippen LogP contribution >= 0.6 is 11.3 Å². The normalized spacial score (nSPS) is 10.8. The van der Waals surface area contributed by atoms with E-state index < -0.39 is 0 Å². The smallest absolute Gasteiger partial charge is 0.234 e. The molecule has 1 rings (SSSR count). The number of hydrogen-bond acceptors (Lipinski definition) is 4. The van der Waals surface area contributed by atoms with Gasteiger partial charge in [-0.05, 0) is 45.1 Å². The van der Waals surface area contributed by atoms with Crippen LogP contribution in [-0.4, -0.2) is 44.5 Å². The molecule has 0 radical (unpaired) electrons. The van der Waals surface area contributed by atoms with Crippen molar-refractivity contribution in [3.8, 4) is 0 Å². The van der Waals surface area contributed by atoms with Crippen molar-refractivity contribution in [2.24, 2.45) is 0 Å². The van der Waals surface area contributed by atoms with Gasteiger partial charge in [0, 0.05) is 4.88 Å². The summed E-state index contributed by atoms with van der Waals surface area (Å²) in [4.78, 5) is 14.9. The molecule has 4 nitrogen and oxygen atoms in total. The molecule has 1 amide bonds. The third-order valence-corrected chi connectivity index (χ3v) is 3.30. The van der Waals surface area contributed by atoms with Crippen molar-refractivity contribution in [1.82, 2.24) is 15.5 Å². The summed E-state index contributed by atoms with van der Waals surface area (Å²) in [5.74, 6) is 0.0883. The van der Waals surface area contributed by atoms with Gasteiger partial charge in [-0.25, -0.2) is 0 Å². The zero-order valence-electron chi connectivity index (χ0n) is 10.5. The molecule has 0 unspecified atom stereocenters. The summed E-state index contributed by atoms with van der Waals surface area (Å²) in [6.45, 7) is 3.03. The minimum atomic E-state index is 0.0883. The summed E-state index contributed by atoms with van der Waals surface area (Å²) in [6.07, 6.45) is 1.06. The standard InChI is InChI=1S/C12H21N3OS/c1-13-6-4-7-15(2)10-12(16)14-9-11-5-3-8-17-11/h3,5,8,13H,4,6-7,9-10H2,1-2H3,(H,14,16). The number of thiophene rings is 1. The van der Waals surface area contributed by atoms with Crippen LogP contribution in [0.15, 0.2) is 17.5 Å². The molecule has 0 saturated carbocycles. The first-order valence-corrected chi connectivity index (χ1v) is 6.72. The number of likely N-dealkylation sites (N-methyl/N-ethyl adjacent to an activating group) is 1. The van der Waals surface area contributed by atoms with Crippen LogP contribution in [0.2, 0.25) is 0 Å². The molecule has 0 aromatic carbocycles. The molecular weight excluding hydrogens is 234 g/mol. The largest absolute Gasteiger partial charge is 0.350 e. The molecule has 17 heavy (non-hydrogen) atoms. The molecule has 0 aliphatic heterocycles. The molecule has 0 spiro atoms. The molecule has 0 aliphatic rings. The molecule has 5 heteroatoms. The van der Waals surface area contributed by atoms with E-state index in [9.17, 15) is 4.79 Å². The maximum absolute atomic E-state index is 11.6. The van der Waals surface area contributed by atoms with Crippen molar-refractivity contribution in [1.29, 1.82) is 0 Å². The Morgan fingerprint density at radius 1 is 1.53 bits per heavy atom. The number of carbonyl (C=O) groups is 1. The van der Waals surface area contributed by atoms with Crippen molar-refractivity contribution < 1.29 is 4.79 Å². The van der Waals surface area contributed by atoms with E-state index >= 15 is 0 Å². The first-order valence-electron chi connectivity index (χ1n) is 5.84. The molecule has 0 aliphatic carbocycles. The van der Waals surface area contributed by atoms with Gasteiger partial charge in [-0.3, -0.25) is 9.69 Å². The Kier molecular flexibility index (Phi) is 6.84. The fourth-order valence-electron chi connectivity index (χ4n) is 1.50. The highest BCUT2D eigenvalue weighted by molar-refractivity contribution is 7.09. The monoisotopic (exact) mass is 255 g/mol. The number of rotatable bonds is 8. The van der Waals surface area contributed by atoms with E-state index in [1.165, 1.54) is 4.88 Å². The van der Waals surface area contributed by atoms with E-state index in [0.717, 1.165) is 19.5 Å². The van der Waals surface area contributed by atoms with Crippen LogP contribution < -0.4 is 10.6 Å². The first-order chi connectivity index (χ1) is 8.22. The summed E-state index contributed by atoms with van der Waals surface area (Å²) in [5, 5.41) is 8.03. The predicted octanol–water partition coefficient (Wildman–Crippen LogP) is 0.906. The van der Waals surface area contributed by atoms with Gasteiger partial charge in [0.05, 0.1) is 13.1 Å². The lowest BCUT2D eigenvalue weighted by atomic mass is 10.4. The first kappa shape index (κ1) is 14.2. The van der Waals surface area contributed by atoms with E-state index in [1.54, 1.807) is 11.3 Å². The highest BCUT2D eigenvalue weighted by Gasteiger charge is 2.05. The van der Waals surface area contributed by atoms with Gasteiger partial charge in [0.25, 0.3) is 0 Å². The quantitative estimate of drug-likeness (QED) is 0.679. The zero-order valence-corrected chi connectivity index (χ0v) is 11.3.